The van der Waals surface area contributed by atoms with Crippen molar-refractivity contribution >= 4 is 47.0 Å². The lowest BCUT2D eigenvalue weighted by atomic mass is 10.1. The van der Waals surface area contributed by atoms with Gasteiger partial charge in [0.25, 0.3) is 0 Å². The Hall–Kier alpha value is -1.32. The van der Waals surface area contributed by atoms with Crippen LogP contribution in [-0.2, 0) is 4.74 Å². The molecule has 1 aromatic carbocycles. The fraction of sp³-hybridized carbons (Fsp3) is 0.421. The van der Waals surface area contributed by atoms with Crippen LogP contribution in [0.3, 0.4) is 0 Å². The van der Waals surface area contributed by atoms with Gasteiger partial charge in [-0.15, -0.1) is 24.0 Å². The first kappa shape index (κ1) is 22.7. The topological polar surface area (TPSA) is 54.9 Å². The molecule has 0 amide bonds. The molecule has 0 saturated heterocycles. The van der Waals surface area contributed by atoms with Crippen molar-refractivity contribution in [2.45, 2.75) is 19.3 Å². The van der Waals surface area contributed by atoms with Gasteiger partial charge in [-0.3, -0.25) is 4.99 Å². The fourth-order valence-corrected chi connectivity index (χ4v) is 3.08. The van der Waals surface area contributed by atoms with Gasteiger partial charge in [0, 0.05) is 45.5 Å². The third kappa shape index (κ3) is 7.92. The van der Waals surface area contributed by atoms with E-state index in [0.717, 1.165) is 30.4 Å². The fourth-order valence-electron chi connectivity index (χ4n) is 2.30. The second-order valence-electron chi connectivity index (χ2n) is 5.76. The molecule has 0 aliphatic heterocycles. The lowest BCUT2D eigenvalue weighted by Crippen LogP contribution is -2.33. The largest absolute Gasteiger partial charge is 0.493 e. The summed E-state index contributed by atoms with van der Waals surface area (Å²) in [7, 11) is 3.47. The van der Waals surface area contributed by atoms with Crippen LogP contribution in [0.2, 0.25) is 0 Å². The molecule has 144 valence electrons. The minimum atomic E-state index is 0. The van der Waals surface area contributed by atoms with Crippen LogP contribution in [0.15, 0.2) is 46.1 Å². The Balaban J connectivity index is 0.00000338. The molecular formula is C19H28IN3O2S. The standard InChI is InChI=1S/C19H27N3O2S.HI/c1-15(16-8-11-25-14-16)13-21-19(20-2)22-17-6-4-7-18(12-17)24-10-5-9-23-3;/h4,6-8,11-12,14-15H,5,9-10,13H2,1-3H3,(H2,20,21,22);1H. The number of rotatable bonds is 9. The number of anilines is 1. The van der Waals surface area contributed by atoms with Crippen LogP contribution < -0.4 is 15.4 Å². The minimum absolute atomic E-state index is 0. The van der Waals surface area contributed by atoms with E-state index in [0.29, 0.717) is 19.1 Å². The van der Waals surface area contributed by atoms with Gasteiger partial charge < -0.3 is 20.1 Å². The molecule has 0 fully saturated rings. The Bertz CT molecular complexity index is 650. The Kier molecular flexibility index (Phi) is 11.3. The molecule has 0 saturated carbocycles. The molecule has 2 N–H and O–H groups in total. The Labute approximate surface area is 177 Å². The third-order valence-electron chi connectivity index (χ3n) is 3.77. The zero-order chi connectivity index (χ0) is 17.9. The molecule has 0 spiro atoms. The van der Waals surface area contributed by atoms with Gasteiger partial charge in [-0.2, -0.15) is 11.3 Å². The molecule has 26 heavy (non-hydrogen) atoms. The van der Waals surface area contributed by atoms with E-state index in [1.165, 1.54) is 5.56 Å². The van der Waals surface area contributed by atoms with E-state index in [-0.39, 0.29) is 24.0 Å². The van der Waals surface area contributed by atoms with E-state index in [9.17, 15) is 0 Å². The first-order valence-electron chi connectivity index (χ1n) is 8.44. The molecule has 2 aromatic rings. The summed E-state index contributed by atoms with van der Waals surface area (Å²) in [4.78, 5) is 4.29. The maximum Gasteiger partial charge on any atom is 0.195 e. The van der Waals surface area contributed by atoms with E-state index < -0.39 is 0 Å². The van der Waals surface area contributed by atoms with Gasteiger partial charge in [-0.05, 0) is 40.4 Å². The van der Waals surface area contributed by atoms with Gasteiger partial charge in [0.2, 0.25) is 0 Å². The van der Waals surface area contributed by atoms with E-state index in [4.69, 9.17) is 9.47 Å². The highest BCUT2D eigenvalue weighted by Gasteiger charge is 2.07. The second kappa shape index (κ2) is 12.9. The molecule has 0 radical (unpaired) electrons. The molecule has 0 aliphatic rings. The van der Waals surface area contributed by atoms with Gasteiger partial charge in [0.15, 0.2) is 5.96 Å². The Morgan fingerprint density at radius 2 is 2.12 bits per heavy atom. The van der Waals surface area contributed by atoms with Crippen molar-refractivity contribution in [3.05, 3.63) is 46.7 Å². The number of nitrogens with one attached hydrogen (secondary N) is 2. The molecule has 2 rings (SSSR count). The Morgan fingerprint density at radius 3 is 2.81 bits per heavy atom. The smallest absolute Gasteiger partial charge is 0.195 e. The molecule has 0 aliphatic carbocycles. The van der Waals surface area contributed by atoms with Crippen LogP contribution in [0.5, 0.6) is 5.75 Å². The number of ether oxygens (including phenoxy) is 2. The van der Waals surface area contributed by atoms with Gasteiger partial charge in [0.05, 0.1) is 6.61 Å². The zero-order valence-corrected chi connectivity index (χ0v) is 18.7. The van der Waals surface area contributed by atoms with Crippen molar-refractivity contribution in [2.75, 3.05) is 39.2 Å². The third-order valence-corrected chi connectivity index (χ3v) is 4.47. The highest BCUT2D eigenvalue weighted by Crippen LogP contribution is 2.19. The van der Waals surface area contributed by atoms with Gasteiger partial charge in [0.1, 0.15) is 5.75 Å². The van der Waals surface area contributed by atoms with E-state index >= 15 is 0 Å². The van der Waals surface area contributed by atoms with E-state index in [2.05, 4.69) is 39.4 Å². The average molecular weight is 489 g/mol. The molecule has 5 nitrogen and oxygen atoms in total. The molecule has 1 aromatic heterocycles. The summed E-state index contributed by atoms with van der Waals surface area (Å²) in [5.74, 6) is 2.02. The predicted molar refractivity (Wildman–Crippen MR) is 122 cm³/mol. The minimum Gasteiger partial charge on any atom is -0.493 e. The monoisotopic (exact) mass is 489 g/mol. The Morgan fingerprint density at radius 1 is 1.27 bits per heavy atom. The summed E-state index contributed by atoms with van der Waals surface area (Å²) in [6, 6.07) is 10.1. The summed E-state index contributed by atoms with van der Waals surface area (Å²) in [6.07, 6.45) is 0.873. The zero-order valence-electron chi connectivity index (χ0n) is 15.5. The predicted octanol–water partition coefficient (Wildman–Crippen LogP) is 4.57. The maximum absolute atomic E-state index is 5.73. The first-order valence-corrected chi connectivity index (χ1v) is 9.38. The number of hydrogen-bond donors (Lipinski definition) is 2. The quantitative estimate of drug-likeness (QED) is 0.235. The van der Waals surface area contributed by atoms with Crippen LogP contribution in [-0.4, -0.2) is 39.9 Å². The average Bonchev–Trinajstić information content (AvgIpc) is 3.17. The van der Waals surface area contributed by atoms with Crippen LogP contribution >= 0.6 is 35.3 Å². The first-order chi connectivity index (χ1) is 12.2. The number of benzene rings is 1. The van der Waals surface area contributed by atoms with Crippen LogP contribution in [0.1, 0.15) is 24.8 Å². The van der Waals surface area contributed by atoms with Crippen molar-refractivity contribution < 1.29 is 9.47 Å². The number of methoxy groups -OCH3 is 1. The van der Waals surface area contributed by atoms with Crippen molar-refractivity contribution in [1.29, 1.82) is 0 Å². The highest BCUT2D eigenvalue weighted by molar-refractivity contribution is 14.0. The lowest BCUT2D eigenvalue weighted by Gasteiger charge is -2.16. The van der Waals surface area contributed by atoms with Crippen molar-refractivity contribution in [1.82, 2.24) is 5.32 Å². The SMILES string of the molecule is CN=C(NCC(C)c1ccsc1)Nc1cccc(OCCCOC)c1.I. The summed E-state index contributed by atoms with van der Waals surface area (Å²) in [5.41, 5.74) is 2.29. The normalized spacial score (nSPS) is 12.2. The van der Waals surface area contributed by atoms with Crippen molar-refractivity contribution in [3.63, 3.8) is 0 Å². The summed E-state index contributed by atoms with van der Waals surface area (Å²) in [6.45, 7) is 4.37. The number of guanidine groups is 1. The lowest BCUT2D eigenvalue weighted by molar-refractivity contribution is 0.172. The van der Waals surface area contributed by atoms with Gasteiger partial charge in [-0.1, -0.05) is 13.0 Å². The molecule has 1 atom stereocenters. The maximum atomic E-state index is 5.73. The number of aliphatic imine (C=N–C) groups is 1. The molecule has 1 unspecified atom stereocenters. The van der Waals surface area contributed by atoms with Crippen LogP contribution in [0, 0.1) is 0 Å². The van der Waals surface area contributed by atoms with Crippen LogP contribution in [0.4, 0.5) is 5.69 Å². The highest BCUT2D eigenvalue weighted by atomic mass is 127. The van der Waals surface area contributed by atoms with Gasteiger partial charge in [-0.25, -0.2) is 0 Å². The van der Waals surface area contributed by atoms with Crippen molar-refractivity contribution in [3.8, 4) is 5.75 Å². The summed E-state index contributed by atoms with van der Waals surface area (Å²) >= 11 is 1.73. The number of nitrogens with zero attached hydrogens (tertiary/aromatic N) is 1. The number of thiophene rings is 1. The summed E-state index contributed by atoms with van der Waals surface area (Å²) in [5, 5.41) is 11.0. The van der Waals surface area contributed by atoms with E-state index in [1.54, 1.807) is 25.5 Å². The van der Waals surface area contributed by atoms with Crippen LogP contribution in [0.25, 0.3) is 0 Å². The molecule has 7 heteroatoms. The molecule has 0 bridgehead atoms. The van der Waals surface area contributed by atoms with E-state index in [1.807, 2.05) is 24.3 Å². The summed E-state index contributed by atoms with van der Waals surface area (Å²) < 4.78 is 10.8. The van der Waals surface area contributed by atoms with Gasteiger partial charge >= 0.3 is 0 Å². The second-order valence-corrected chi connectivity index (χ2v) is 6.54. The molecule has 1 heterocycles. The van der Waals surface area contributed by atoms with Crippen molar-refractivity contribution in [2.24, 2.45) is 4.99 Å². The number of hydrogen-bond acceptors (Lipinski definition) is 4. The molecular weight excluding hydrogens is 461 g/mol. The number of halogens is 1.